The second-order valence-electron chi connectivity index (χ2n) is 7.48. The highest BCUT2D eigenvalue weighted by atomic mass is 35.5. The fourth-order valence-corrected chi connectivity index (χ4v) is 4.02. The number of amides is 1. The Morgan fingerprint density at radius 1 is 0.969 bits per heavy atom. The van der Waals surface area contributed by atoms with Gasteiger partial charge in [-0.1, -0.05) is 65.7 Å². The summed E-state index contributed by atoms with van der Waals surface area (Å²) in [6.45, 7) is 0.239. The van der Waals surface area contributed by atoms with Crippen LogP contribution in [0.3, 0.4) is 0 Å². The number of nitrogens with zero attached hydrogens (tertiary/aromatic N) is 1. The Morgan fingerprint density at radius 3 is 2.34 bits per heavy atom. The van der Waals surface area contributed by atoms with E-state index in [1.807, 2.05) is 42.5 Å². The van der Waals surface area contributed by atoms with E-state index in [1.54, 1.807) is 41.3 Å². The maximum Gasteiger partial charge on any atom is 0.338 e. The van der Waals surface area contributed by atoms with Crippen LogP contribution in [0.15, 0.2) is 78.9 Å². The number of carbonyl (C=O) groups is 2. The van der Waals surface area contributed by atoms with Gasteiger partial charge >= 0.3 is 5.97 Å². The fourth-order valence-electron chi connectivity index (χ4n) is 3.73. The zero-order valence-electron chi connectivity index (χ0n) is 17.2. The second kappa shape index (κ2) is 9.74. The summed E-state index contributed by atoms with van der Waals surface area (Å²) in [6, 6.07) is 23.4. The zero-order chi connectivity index (χ0) is 22.6. The molecule has 0 saturated carbocycles. The smallest absolute Gasteiger partial charge is 0.338 e. The van der Waals surface area contributed by atoms with Gasteiger partial charge in [0.2, 0.25) is 0 Å². The lowest BCUT2D eigenvalue weighted by atomic mass is 9.88. The van der Waals surface area contributed by atoms with Gasteiger partial charge in [0.1, 0.15) is 12.2 Å². The second-order valence-corrected chi connectivity index (χ2v) is 8.29. The number of hydrogen-bond acceptors (Lipinski definition) is 4. The summed E-state index contributed by atoms with van der Waals surface area (Å²) in [5.41, 5.74) is 1.08. The van der Waals surface area contributed by atoms with Crippen LogP contribution < -0.4 is 4.90 Å². The molecule has 164 valence electrons. The maximum absolute atomic E-state index is 12.7. The van der Waals surface area contributed by atoms with Gasteiger partial charge in [0, 0.05) is 12.1 Å². The molecule has 1 amide bonds. The summed E-state index contributed by atoms with van der Waals surface area (Å²) in [5, 5.41) is 0.810. The predicted molar refractivity (Wildman–Crippen MR) is 124 cm³/mol. The van der Waals surface area contributed by atoms with Crippen LogP contribution in [0.2, 0.25) is 10.0 Å². The summed E-state index contributed by atoms with van der Waals surface area (Å²) in [7, 11) is 0. The van der Waals surface area contributed by atoms with Crippen molar-refractivity contribution in [2.75, 3.05) is 24.7 Å². The SMILES string of the molecule is O=C(OCCC1(c2ccc(Cl)c(Cl)c2)CN(c2ccccc2)C(=O)CO1)c1ccccc1. The molecule has 3 aromatic carbocycles. The molecular weight excluding hydrogens is 449 g/mol. The third-order valence-corrected chi connectivity index (χ3v) is 6.19. The van der Waals surface area contributed by atoms with Crippen LogP contribution in [0.5, 0.6) is 0 Å². The summed E-state index contributed by atoms with van der Waals surface area (Å²) in [4.78, 5) is 26.8. The van der Waals surface area contributed by atoms with Crippen LogP contribution in [0.25, 0.3) is 0 Å². The van der Waals surface area contributed by atoms with E-state index in [-0.39, 0.29) is 25.7 Å². The number of para-hydroxylation sites is 1. The van der Waals surface area contributed by atoms with Crippen LogP contribution in [0, 0.1) is 0 Å². The third-order valence-electron chi connectivity index (χ3n) is 5.45. The molecule has 0 spiro atoms. The van der Waals surface area contributed by atoms with Gasteiger partial charge in [0.15, 0.2) is 0 Å². The van der Waals surface area contributed by atoms with Crippen molar-refractivity contribution in [3.63, 3.8) is 0 Å². The molecule has 0 aliphatic carbocycles. The first-order valence-electron chi connectivity index (χ1n) is 10.2. The lowest BCUT2D eigenvalue weighted by Gasteiger charge is -2.43. The molecule has 3 aromatic rings. The minimum absolute atomic E-state index is 0.102. The third kappa shape index (κ3) is 4.80. The molecule has 1 saturated heterocycles. The number of morpholine rings is 1. The van der Waals surface area contributed by atoms with Crippen molar-refractivity contribution in [1.82, 2.24) is 0 Å². The summed E-state index contributed by atoms with van der Waals surface area (Å²) in [5.74, 6) is -0.560. The van der Waals surface area contributed by atoms with Crippen LogP contribution in [-0.2, 0) is 19.9 Å². The number of benzene rings is 3. The van der Waals surface area contributed by atoms with Crippen molar-refractivity contribution < 1.29 is 19.1 Å². The van der Waals surface area contributed by atoms with E-state index in [1.165, 1.54) is 0 Å². The molecule has 1 aliphatic rings. The Hall–Kier alpha value is -2.86. The molecule has 32 heavy (non-hydrogen) atoms. The number of ether oxygens (including phenoxy) is 2. The summed E-state index contributed by atoms with van der Waals surface area (Å²) in [6.07, 6.45) is 0.333. The van der Waals surface area contributed by atoms with E-state index in [2.05, 4.69) is 0 Å². The highest BCUT2D eigenvalue weighted by Gasteiger charge is 2.42. The van der Waals surface area contributed by atoms with Crippen molar-refractivity contribution in [2.45, 2.75) is 12.0 Å². The molecule has 1 atom stereocenters. The van der Waals surface area contributed by atoms with Crippen molar-refractivity contribution >= 4 is 40.8 Å². The standard InChI is InChI=1S/C25H21Cl2NO4/c26-21-12-11-19(15-22(21)27)25(13-14-31-24(30)18-7-3-1-4-8-18)17-28(23(29)16-32-25)20-9-5-2-6-10-20/h1-12,15H,13-14,16-17H2. The number of esters is 1. The zero-order valence-corrected chi connectivity index (χ0v) is 18.7. The van der Waals surface area contributed by atoms with Gasteiger partial charge in [-0.2, -0.15) is 0 Å². The average molecular weight is 470 g/mol. The number of halogens is 2. The van der Waals surface area contributed by atoms with E-state index >= 15 is 0 Å². The Labute approximate surface area is 196 Å². The Kier molecular flexibility index (Phi) is 6.80. The maximum atomic E-state index is 12.7. The fraction of sp³-hybridized carbons (Fsp3) is 0.200. The first kappa shape index (κ1) is 22.3. The van der Waals surface area contributed by atoms with E-state index in [4.69, 9.17) is 32.7 Å². The molecule has 5 nitrogen and oxygen atoms in total. The van der Waals surface area contributed by atoms with E-state index < -0.39 is 11.6 Å². The monoisotopic (exact) mass is 469 g/mol. The largest absolute Gasteiger partial charge is 0.462 e. The van der Waals surface area contributed by atoms with Gasteiger partial charge in [0.05, 0.1) is 28.8 Å². The number of hydrogen-bond donors (Lipinski definition) is 0. The van der Waals surface area contributed by atoms with Gasteiger partial charge in [-0.25, -0.2) is 4.79 Å². The molecule has 4 rings (SSSR count). The van der Waals surface area contributed by atoms with Crippen LogP contribution in [0.1, 0.15) is 22.3 Å². The van der Waals surface area contributed by atoms with Gasteiger partial charge in [-0.05, 0) is 42.0 Å². The molecule has 0 N–H and O–H groups in total. The van der Waals surface area contributed by atoms with Crippen molar-refractivity contribution in [3.05, 3.63) is 100 Å². The molecule has 0 bridgehead atoms. The summed E-state index contributed by atoms with van der Waals surface area (Å²) < 4.78 is 11.6. The topological polar surface area (TPSA) is 55.8 Å². The minimum Gasteiger partial charge on any atom is -0.462 e. The van der Waals surface area contributed by atoms with Crippen LogP contribution in [-0.4, -0.2) is 31.6 Å². The molecular formula is C25H21Cl2NO4. The highest BCUT2D eigenvalue weighted by Crippen LogP contribution is 2.38. The number of carbonyl (C=O) groups excluding carboxylic acids is 2. The first-order valence-corrected chi connectivity index (χ1v) is 10.9. The first-order chi connectivity index (χ1) is 15.5. The molecule has 0 aromatic heterocycles. The quantitative estimate of drug-likeness (QED) is 0.447. The number of rotatable bonds is 6. The van der Waals surface area contributed by atoms with E-state index in [0.717, 1.165) is 11.3 Å². The molecule has 1 fully saturated rings. The highest BCUT2D eigenvalue weighted by molar-refractivity contribution is 6.42. The average Bonchev–Trinajstić information content (AvgIpc) is 2.83. The molecule has 1 aliphatic heterocycles. The van der Waals surface area contributed by atoms with E-state index in [0.29, 0.717) is 22.0 Å². The van der Waals surface area contributed by atoms with Crippen molar-refractivity contribution in [1.29, 1.82) is 0 Å². The summed E-state index contributed by atoms with van der Waals surface area (Å²) >= 11 is 12.4. The van der Waals surface area contributed by atoms with Crippen molar-refractivity contribution in [3.8, 4) is 0 Å². The lowest BCUT2D eigenvalue weighted by Crippen LogP contribution is -2.53. The Balaban J connectivity index is 1.60. The molecule has 7 heteroatoms. The van der Waals surface area contributed by atoms with Gasteiger partial charge < -0.3 is 14.4 Å². The normalized spacial score (nSPS) is 18.4. The van der Waals surface area contributed by atoms with Crippen LogP contribution in [0.4, 0.5) is 5.69 Å². The Bertz CT molecular complexity index is 1110. The van der Waals surface area contributed by atoms with Crippen molar-refractivity contribution in [2.24, 2.45) is 0 Å². The van der Waals surface area contributed by atoms with Gasteiger partial charge in [0.25, 0.3) is 5.91 Å². The number of anilines is 1. The molecule has 1 unspecified atom stereocenters. The predicted octanol–water partition coefficient (Wildman–Crippen LogP) is 5.50. The van der Waals surface area contributed by atoms with E-state index in [9.17, 15) is 9.59 Å². The van der Waals surface area contributed by atoms with Gasteiger partial charge in [-0.15, -0.1) is 0 Å². The lowest BCUT2D eigenvalue weighted by molar-refractivity contribution is -0.142. The minimum atomic E-state index is -0.922. The van der Waals surface area contributed by atoms with Crippen LogP contribution >= 0.6 is 23.2 Å². The molecule has 0 radical (unpaired) electrons. The molecule has 1 heterocycles. The Morgan fingerprint density at radius 2 is 1.66 bits per heavy atom. The van der Waals surface area contributed by atoms with Gasteiger partial charge in [-0.3, -0.25) is 4.79 Å².